The highest BCUT2D eigenvalue weighted by molar-refractivity contribution is 5.45. The first-order valence-corrected chi connectivity index (χ1v) is 8.64. The number of benzene rings is 1. The first kappa shape index (κ1) is 15.9. The van der Waals surface area contributed by atoms with Gasteiger partial charge in [0.05, 0.1) is 18.7 Å². The minimum Gasteiger partial charge on any atom is -0.481 e. The van der Waals surface area contributed by atoms with Gasteiger partial charge < -0.3 is 9.64 Å². The van der Waals surface area contributed by atoms with Gasteiger partial charge in [0.1, 0.15) is 12.1 Å². The standard InChI is InChI=1S/C19H21N5O/c1-25-19-10-18(21-13-22-19)24-8-6-16-17(24)5-7-23(16)12-15-4-2-3-14(9-15)11-20/h2-4,9-10,13,16-17H,5-8,12H2,1H3/t16-,17+/m1/s1. The van der Waals surface area contributed by atoms with E-state index in [1.807, 2.05) is 24.3 Å². The van der Waals surface area contributed by atoms with E-state index in [0.717, 1.165) is 43.9 Å². The number of likely N-dealkylation sites (tertiary alicyclic amines) is 1. The summed E-state index contributed by atoms with van der Waals surface area (Å²) in [6, 6.07) is 13.1. The second-order valence-corrected chi connectivity index (χ2v) is 6.61. The zero-order chi connectivity index (χ0) is 17.2. The van der Waals surface area contributed by atoms with Gasteiger partial charge in [0.15, 0.2) is 0 Å². The van der Waals surface area contributed by atoms with E-state index in [1.165, 1.54) is 5.56 Å². The fourth-order valence-corrected chi connectivity index (χ4v) is 4.13. The largest absolute Gasteiger partial charge is 0.481 e. The number of rotatable bonds is 4. The Kier molecular flexibility index (Phi) is 4.24. The van der Waals surface area contributed by atoms with Gasteiger partial charge in [-0.15, -0.1) is 0 Å². The molecule has 0 saturated carbocycles. The second kappa shape index (κ2) is 6.69. The smallest absolute Gasteiger partial charge is 0.218 e. The number of fused-ring (bicyclic) bond motifs is 1. The number of hydrogen-bond acceptors (Lipinski definition) is 6. The maximum Gasteiger partial charge on any atom is 0.218 e. The van der Waals surface area contributed by atoms with Crippen LogP contribution in [0.1, 0.15) is 24.0 Å². The number of hydrogen-bond donors (Lipinski definition) is 0. The number of nitriles is 1. The molecule has 25 heavy (non-hydrogen) atoms. The summed E-state index contributed by atoms with van der Waals surface area (Å²) in [6.45, 7) is 2.98. The molecular formula is C19H21N5O. The Morgan fingerprint density at radius 2 is 2.08 bits per heavy atom. The predicted molar refractivity (Wildman–Crippen MR) is 94.3 cm³/mol. The van der Waals surface area contributed by atoms with Crippen molar-refractivity contribution < 1.29 is 4.74 Å². The van der Waals surface area contributed by atoms with Crippen molar-refractivity contribution in [3.05, 3.63) is 47.8 Å². The van der Waals surface area contributed by atoms with Crippen LogP contribution in [-0.4, -0.2) is 47.2 Å². The molecule has 0 amide bonds. The van der Waals surface area contributed by atoms with E-state index < -0.39 is 0 Å². The van der Waals surface area contributed by atoms with Gasteiger partial charge in [0.25, 0.3) is 0 Å². The van der Waals surface area contributed by atoms with E-state index in [0.29, 0.717) is 18.0 Å². The Morgan fingerprint density at radius 3 is 2.92 bits per heavy atom. The van der Waals surface area contributed by atoms with Crippen molar-refractivity contribution in [2.24, 2.45) is 0 Å². The predicted octanol–water partition coefficient (Wildman–Crippen LogP) is 2.21. The molecule has 0 spiro atoms. The van der Waals surface area contributed by atoms with Crippen molar-refractivity contribution in [2.75, 3.05) is 25.1 Å². The molecule has 0 unspecified atom stereocenters. The molecule has 3 heterocycles. The second-order valence-electron chi connectivity index (χ2n) is 6.61. The monoisotopic (exact) mass is 335 g/mol. The maximum atomic E-state index is 9.08. The zero-order valence-electron chi connectivity index (χ0n) is 14.3. The summed E-state index contributed by atoms with van der Waals surface area (Å²) in [7, 11) is 1.63. The van der Waals surface area contributed by atoms with E-state index in [4.69, 9.17) is 10.00 Å². The Morgan fingerprint density at radius 1 is 1.20 bits per heavy atom. The third-order valence-corrected chi connectivity index (χ3v) is 5.26. The molecule has 2 aliphatic rings. The molecule has 2 saturated heterocycles. The van der Waals surface area contributed by atoms with Crippen molar-refractivity contribution in [3.8, 4) is 11.9 Å². The third kappa shape index (κ3) is 3.03. The van der Waals surface area contributed by atoms with Crippen LogP contribution in [0.4, 0.5) is 5.82 Å². The number of methoxy groups -OCH3 is 1. The highest BCUT2D eigenvalue weighted by Crippen LogP contribution is 2.35. The summed E-state index contributed by atoms with van der Waals surface area (Å²) < 4.78 is 5.23. The molecule has 1 aromatic carbocycles. The first-order chi connectivity index (χ1) is 12.3. The van der Waals surface area contributed by atoms with Crippen molar-refractivity contribution in [3.63, 3.8) is 0 Å². The van der Waals surface area contributed by atoms with E-state index >= 15 is 0 Å². The number of aromatic nitrogens is 2. The Balaban J connectivity index is 1.49. The summed E-state index contributed by atoms with van der Waals surface area (Å²) >= 11 is 0. The van der Waals surface area contributed by atoms with Crippen LogP contribution in [0.15, 0.2) is 36.7 Å². The van der Waals surface area contributed by atoms with E-state index in [2.05, 4.69) is 31.9 Å². The molecule has 1 aromatic heterocycles. The van der Waals surface area contributed by atoms with E-state index in [-0.39, 0.29) is 0 Å². The Labute approximate surface area is 147 Å². The molecule has 128 valence electrons. The fourth-order valence-electron chi connectivity index (χ4n) is 4.13. The number of anilines is 1. The summed E-state index contributed by atoms with van der Waals surface area (Å²) in [5.41, 5.74) is 1.94. The van der Waals surface area contributed by atoms with Gasteiger partial charge in [-0.2, -0.15) is 5.26 Å². The quantitative estimate of drug-likeness (QED) is 0.853. The molecule has 2 aromatic rings. The first-order valence-electron chi connectivity index (χ1n) is 8.64. The van der Waals surface area contributed by atoms with E-state index in [9.17, 15) is 0 Å². The highest BCUT2D eigenvalue weighted by atomic mass is 16.5. The molecule has 2 fully saturated rings. The summed E-state index contributed by atoms with van der Waals surface area (Å²) in [5.74, 6) is 1.56. The van der Waals surface area contributed by atoms with Gasteiger partial charge in [0.2, 0.25) is 5.88 Å². The SMILES string of the molecule is COc1cc(N2CC[C@@H]3[C@@H]2CCN3Cc2cccc(C#N)c2)ncn1. The Hall–Kier alpha value is -2.65. The van der Waals surface area contributed by atoms with Gasteiger partial charge in [-0.1, -0.05) is 12.1 Å². The maximum absolute atomic E-state index is 9.08. The molecule has 0 N–H and O–H groups in total. The molecule has 0 radical (unpaired) electrons. The molecule has 0 aliphatic carbocycles. The van der Waals surface area contributed by atoms with Crippen LogP contribution in [0.2, 0.25) is 0 Å². The number of ether oxygens (including phenoxy) is 1. The van der Waals surface area contributed by atoms with Crippen LogP contribution in [0, 0.1) is 11.3 Å². The zero-order valence-corrected chi connectivity index (χ0v) is 14.3. The van der Waals surface area contributed by atoms with Crippen LogP contribution in [0.25, 0.3) is 0 Å². The lowest BCUT2D eigenvalue weighted by Gasteiger charge is -2.26. The molecule has 0 bridgehead atoms. The summed E-state index contributed by atoms with van der Waals surface area (Å²) in [6.07, 6.45) is 3.84. The average Bonchev–Trinajstić information content (AvgIpc) is 3.25. The van der Waals surface area contributed by atoms with Gasteiger partial charge in [0, 0.05) is 37.8 Å². The Bertz CT molecular complexity index is 802. The van der Waals surface area contributed by atoms with Crippen molar-refractivity contribution in [1.29, 1.82) is 5.26 Å². The lowest BCUT2D eigenvalue weighted by atomic mass is 10.1. The number of nitrogens with zero attached hydrogens (tertiary/aromatic N) is 5. The average molecular weight is 335 g/mol. The van der Waals surface area contributed by atoms with Crippen LogP contribution in [0.5, 0.6) is 5.88 Å². The molecule has 4 rings (SSSR count). The van der Waals surface area contributed by atoms with Gasteiger partial charge in [-0.25, -0.2) is 9.97 Å². The van der Waals surface area contributed by atoms with E-state index in [1.54, 1.807) is 13.4 Å². The van der Waals surface area contributed by atoms with Gasteiger partial charge in [-0.05, 0) is 30.5 Å². The lowest BCUT2D eigenvalue weighted by Crippen LogP contribution is -2.36. The molecule has 2 atom stereocenters. The van der Waals surface area contributed by atoms with Crippen LogP contribution < -0.4 is 9.64 Å². The van der Waals surface area contributed by atoms with Crippen molar-refractivity contribution in [2.45, 2.75) is 31.5 Å². The third-order valence-electron chi connectivity index (χ3n) is 5.26. The van der Waals surface area contributed by atoms with Crippen molar-refractivity contribution in [1.82, 2.24) is 14.9 Å². The molecule has 6 heteroatoms. The summed E-state index contributed by atoms with van der Waals surface area (Å²) in [5, 5.41) is 9.08. The van der Waals surface area contributed by atoms with Gasteiger partial charge >= 0.3 is 0 Å². The summed E-state index contributed by atoms with van der Waals surface area (Å²) in [4.78, 5) is 13.5. The lowest BCUT2D eigenvalue weighted by molar-refractivity contribution is 0.246. The van der Waals surface area contributed by atoms with Crippen LogP contribution in [0.3, 0.4) is 0 Å². The highest BCUT2D eigenvalue weighted by Gasteiger charge is 2.42. The minimum atomic E-state index is 0.485. The molecule has 2 aliphatic heterocycles. The normalized spacial score (nSPS) is 22.6. The topological polar surface area (TPSA) is 65.3 Å². The minimum absolute atomic E-state index is 0.485. The van der Waals surface area contributed by atoms with Crippen LogP contribution in [-0.2, 0) is 6.54 Å². The van der Waals surface area contributed by atoms with Gasteiger partial charge in [-0.3, -0.25) is 4.90 Å². The van der Waals surface area contributed by atoms with Crippen LogP contribution >= 0.6 is 0 Å². The fraction of sp³-hybridized carbons (Fsp3) is 0.421. The molecule has 6 nitrogen and oxygen atoms in total. The molecular weight excluding hydrogens is 314 g/mol. The van der Waals surface area contributed by atoms with Crippen molar-refractivity contribution >= 4 is 5.82 Å².